The van der Waals surface area contributed by atoms with E-state index in [0.717, 1.165) is 6.07 Å². The van der Waals surface area contributed by atoms with Gasteiger partial charge in [0.05, 0.1) is 16.8 Å². The highest BCUT2D eigenvalue weighted by molar-refractivity contribution is 5.95. The van der Waals surface area contributed by atoms with Crippen LogP contribution in [0.4, 0.5) is 17.6 Å². The van der Waals surface area contributed by atoms with Crippen LogP contribution >= 0.6 is 0 Å². The van der Waals surface area contributed by atoms with Gasteiger partial charge in [0.15, 0.2) is 0 Å². The molecule has 0 aliphatic carbocycles. The average Bonchev–Trinajstić information content (AvgIpc) is 2.37. The molecule has 20 heavy (non-hydrogen) atoms. The van der Waals surface area contributed by atoms with Crippen molar-refractivity contribution in [2.75, 3.05) is 0 Å². The second-order valence-electron chi connectivity index (χ2n) is 3.90. The van der Waals surface area contributed by atoms with E-state index in [2.05, 4.69) is 4.98 Å². The van der Waals surface area contributed by atoms with Gasteiger partial charge in [-0.3, -0.25) is 4.98 Å². The van der Waals surface area contributed by atoms with Gasteiger partial charge in [-0.05, 0) is 18.2 Å². The number of nitrogens with zero attached hydrogens (tertiary/aromatic N) is 1. The van der Waals surface area contributed by atoms with Gasteiger partial charge in [0, 0.05) is 11.8 Å². The van der Waals surface area contributed by atoms with Crippen molar-refractivity contribution >= 4 is 5.97 Å². The molecule has 0 spiro atoms. The molecule has 0 unspecified atom stereocenters. The molecule has 0 aliphatic heterocycles. The third-order valence-corrected chi connectivity index (χ3v) is 2.57. The summed E-state index contributed by atoms with van der Waals surface area (Å²) in [5, 5.41) is 8.98. The van der Waals surface area contributed by atoms with Gasteiger partial charge in [0.2, 0.25) is 0 Å². The summed E-state index contributed by atoms with van der Waals surface area (Å²) in [6, 6.07) is 5.57. The van der Waals surface area contributed by atoms with Crippen molar-refractivity contribution in [2.45, 2.75) is 6.18 Å². The average molecular weight is 285 g/mol. The second kappa shape index (κ2) is 4.92. The third-order valence-electron chi connectivity index (χ3n) is 2.57. The van der Waals surface area contributed by atoms with Gasteiger partial charge in [-0.2, -0.15) is 13.2 Å². The molecule has 0 atom stereocenters. The number of carboxylic acid groups (broad SMARTS) is 1. The molecular weight excluding hydrogens is 278 g/mol. The van der Waals surface area contributed by atoms with E-state index in [-0.39, 0.29) is 11.3 Å². The van der Waals surface area contributed by atoms with E-state index >= 15 is 0 Å². The molecule has 1 heterocycles. The zero-order chi connectivity index (χ0) is 14.9. The Kier molecular flexibility index (Phi) is 3.44. The first-order valence-corrected chi connectivity index (χ1v) is 5.36. The molecule has 0 saturated heterocycles. The fourth-order valence-corrected chi connectivity index (χ4v) is 1.65. The molecule has 2 rings (SSSR count). The molecule has 1 aromatic heterocycles. The lowest BCUT2D eigenvalue weighted by molar-refractivity contribution is -0.137. The predicted molar refractivity (Wildman–Crippen MR) is 61.6 cm³/mol. The summed E-state index contributed by atoms with van der Waals surface area (Å²) >= 11 is 0. The van der Waals surface area contributed by atoms with Crippen molar-refractivity contribution in [3.8, 4) is 11.3 Å². The Morgan fingerprint density at radius 2 is 1.85 bits per heavy atom. The number of alkyl halides is 3. The summed E-state index contributed by atoms with van der Waals surface area (Å²) in [4.78, 5) is 14.5. The summed E-state index contributed by atoms with van der Waals surface area (Å²) < 4.78 is 51.2. The number of aromatic carboxylic acids is 1. The number of benzene rings is 1. The molecular formula is C13H7F4NO2. The number of carboxylic acids is 1. The summed E-state index contributed by atoms with van der Waals surface area (Å²) in [5.74, 6) is -2.37. The molecule has 3 nitrogen and oxygen atoms in total. The van der Waals surface area contributed by atoms with Crippen molar-refractivity contribution < 1.29 is 27.5 Å². The van der Waals surface area contributed by atoms with Gasteiger partial charge in [-0.15, -0.1) is 0 Å². The quantitative estimate of drug-likeness (QED) is 0.858. The number of halogens is 4. The predicted octanol–water partition coefficient (Wildman–Crippen LogP) is 3.60. The summed E-state index contributed by atoms with van der Waals surface area (Å²) in [7, 11) is 0. The van der Waals surface area contributed by atoms with Crippen LogP contribution in [0.1, 0.15) is 15.9 Å². The van der Waals surface area contributed by atoms with Crippen LogP contribution in [-0.4, -0.2) is 16.1 Å². The van der Waals surface area contributed by atoms with Crippen LogP contribution in [0.5, 0.6) is 0 Å². The smallest absolute Gasteiger partial charge is 0.417 e. The van der Waals surface area contributed by atoms with E-state index in [1.807, 2.05) is 0 Å². The van der Waals surface area contributed by atoms with Gasteiger partial charge in [-0.25, -0.2) is 9.18 Å². The van der Waals surface area contributed by atoms with E-state index in [4.69, 9.17) is 5.11 Å². The van der Waals surface area contributed by atoms with Crippen molar-refractivity contribution in [2.24, 2.45) is 0 Å². The minimum absolute atomic E-state index is 0.168. The van der Waals surface area contributed by atoms with Crippen LogP contribution in [0.3, 0.4) is 0 Å². The molecule has 0 amide bonds. The van der Waals surface area contributed by atoms with E-state index in [0.29, 0.717) is 12.3 Å². The van der Waals surface area contributed by atoms with Crippen molar-refractivity contribution in [1.29, 1.82) is 0 Å². The number of carbonyl (C=O) groups is 1. The molecule has 1 aromatic carbocycles. The van der Waals surface area contributed by atoms with Gasteiger partial charge >= 0.3 is 12.1 Å². The van der Waals surface area contributed by atoms with E-state index < -0.39 is 29.1 Å². The van der Waals surface area contributed by atoms with Crippen molar-refractivity contribution in [3.63, 3.8) is 0 Å². The minimum Gasteiger partial charge on any atom is -0.478 e. The van der Waals surface area contributed by atoms with Crippen LogP contribution in [0.15, 0.2) is 36.5 Å². The maximum absolute atomic E-state index is 13.6. The van der Waals surface area contributed by atoms with Crippen molar-refractivity contribution in [1.82, 2.24) is 4.98 Å². The van der Waals surface area contributed by atoms with Gasteiger partial charge in [-0.1, -0.05) is 12.1 Å². The Labute approximate surface area is 110 Å². The topological polar surface area (TPSA) is 50.2 Å². The molecule has 0 radical (unpaired) electrons. The highest BCUT2D eigenvalue weighted by Crippen LogP contribution is 2.32. The maximum atomic E-state index is 13.6. The standard InChI is InChI=1S/C13H7F4NO2/c14-10-4-2-1-3-8(10)11-9(12(19)20)5-7(6-18-11)13(15,16)17/h1-6H,(H,19,20). The fourth-order valence-electron chi connectivity index (χ4n) is 1.65. The molecule has 0 aliphatic rings. The normalized spacial score (nSPS) is 11.4. The van der Waals surface area contributed by atoms with Crippen LogP contribution < -0.4 is 0 Å². The highest BCUT2D eigenvalue weighted by Gasteiger charge is 2.32. The second-order valence-corrected chi connectivity index (χ2v) is 3.90. The molecule has 0 fully saturated rings. The SMILES string of the molecule is O=C(O)c1cc(C(F)(F)F)cnc1-c1ccccc1F. The van der Waals surface area contributed by atoms with Crippen molar-refractivity contribution in [3.05, 3.63) is 53.5 Å². The summed E-state index contributed by atoms with van der Waals surface area (Å²) in [5.41, 5.74) is -2.41. The first-order chi connectivity index (χ1) is 9.30. The Balaban J connectivity index is 2.66. The van der Waals surface area contributed by atoms with E-state index in [1.54, 1.807) is 0 Å². The van der Waals surface area contributed by atoms with Gasteiger partial charge < -0.3 is 5.11 Å². The number of rotatable bonds is 2. The first kappa shape index (κ1) is 14.0. The largest absolute Gasteiger partial charge is 0.478 e. The third kappa shape index (κ3) is 2.61. The number of pyridine rings is 1. The summed E-state index contributed by atoms with van der Waals surface area (Å²) in [6.07, 6.45) is -4.24. The molecule has 0 bridgehead atoms. The zero-order valence-electron chi connectivity index (χ0n) is 9.78. The Morgan fingerprint density at radius 3 is 2.40 bits per heavy atom. The molecule has 1 N–H and O–H groups in total. The number of aromatic nitrogens is 1. The Hall–Kier alpha value is -2.44. The zero-order valence-corrected chi connectivity index (χ0v) is 9.78. The van der Waals surface area contributed by atoms with Gasteiger partial charge in [0.25, 0.3) is 0 Å². The fraction of sp³-hybridized carbons (Fsp3) is 0.0769. The highest BCUT2D eigenvalue weighted by atomic mass is 19.4. The maximum Gasteiger partial charge on any atom is 0.417 e. The van der Waals surface area contributed by atoms with Crippen LogP contribution in [0.25, 0.3) is 11.3 Å². The monoisotopic (exact) mass is 285 g/mol. The molecule has 0 saturated carbocycles. The number of hydrogen-bond acceptors (Lipinski definition) is 2. The van der Waals surface area contributed by atoms with Crippen LogP contribution in [-0.2, 0) is 6.18 Å². The molecule has 2 aromatic rings. The van der Waals surface area contributed by atoms with Crippen LogP contribution in [0.2, 0.25) is 0 Å². The lowest BCUT2D eigenvalue weighted by Gasteiger charge is -2.10. The minimum atomic E-state index is -4.72. The lowest BCUT2D eigenvalue weighted by atomic mass is 10.0. The van der Waals surface area contributed by atoms with Crippen LogP contribution in [0, 0.1) is 5.82 Å². The molecule has 7 heteroatoms. The molecule has 104 valence electrons. The number of hydrogen-bond donors (Lipinski definition) is 1. The lowest BCUT2D eigenvalue weighted by Crippen LogP contribution is -2.10. The first-order valence-electron chi connectivity index (χ1n) is 5.36. The van der Waals surface area contributed by atoms with Gasteiger partial charge in [0.1, 0.15) is 5.82 Å². The summed E-state index contributed by atoms with van der Waals surface area (Å²) in [6.45, 7) is 0. The van der Waals surface area contributed by atoms with E-state index in [9.17, 15) is 22.4 Å². The Morgan fingerprint density at radius 1 is 1.20 bits per heavy atom. The Bertz CT molecular complexity index is 668. The van der Waals surface area contributed by atoms with E-state index in [1.165, 1.54) is 18.2 Å².